The van der Waals surface area contributed by atoms with Gasteiger partial charge in [0, 0.05) is 52.0 Å². The number of ether oxygens (including phenoxy) is 1. The maximum absolute atomic E-state index is 13.0. The number of nitrogens with zero attached hydrogens (tertiary/aromatic N) is 2. The van der Waals surface area contributed by atoms with E-state index in [1.54, 1.807) is 55.6 Å². The maximum Gasteiger partial charge on any atom is 0.410 e. The molecule has 0 unspecified atom stereocenters. The Bertz CT molecular complexity index is 1280. The fourth-order valence-corrected chi connectivity index (χ4v) is 7.36. The van der Waals surface area contributed by atoms with Gasteiger partial charge in [-0.25, -0.2) is 22.4 Å². The molecule has 2 heterocycles. The summed E-state index contributed by atoms with van der Waals surface area (Å²) in [5.41, 5.74) is -0.334. The number of hydrogen-bond donors (Lipinski definition) is 0. The topological polar surface area (TPSA) is 66.9 Å². The summed E-state index contributed by atoms with van der Waals surface area (Å²) in [5, 5.41) is 0.201. The number of rotatable bonds is 9. The van der Waals surface area contributed by atoms with Crippen LogP contribution in [0.5, 0.6) is 0 Å². The van der Waals surface area contributed by atoms with E-state index in [9.17, 15) is 31.9 Å². The Morgan fingerprint density at radius 3 is 1.90 bits per heavy atom. The van der Waals surface area contributed by atoms with Crippen molar-refractivity contribution in [1.29, 1.82) is 0 Å². The predicted octanol–water partition coefficient (Wildman–Crippen LogP) is 10.2. The van der Waals surface area contributed by atoms with Crippen molar-refractivity contribution in [2.24, 2.45) is 11.8 Å². The van der Waals surface area contributed by atoms with Crippen molar-refractivity contribution in [3.8, 4) is 0 Å². The van der Waals surface area contributed by atoms with Crippen LogP contribution in [0.25, 0.3) is 0 Å². The number of thioether (sulfide) groups is 2. The second-order valence-corrected chi connectivity index (χ2v) is 15.6. The van der Waals surface area contributed by atoms with Gasteiger partial charge in [-0.05, 0) is 83.5 Å². The molecule has 49 heavy (non-hydrogen) atoms. The van der Waals surface area contributed by atoms with Crippen LogP contribution >= 0.6 is 39.5 Å². The van der Waals surface area contributed by atoms with Crippen molar-refractivity contribution >= 4 is 64.3 Å². The van der Waals surface area contributed by atoms with Gasteiger partial charge in [0.05, 0.1) is 6.19 Å². The average Bonchev–Trinajstić information content (AvgIpc) is 3.04. The van der Waals surface area contributed by atoms with Gasteiger partial charge in [-0.1, -0.05) is 71.5 Å². The highest BCUT2D eigenvalue weighted by Crippen LogP contribution is 2.33. The van der Waals surface area contributed by atoms with Crippen LogP contribution in [0.3, 0.4) is 0 Å². The molecule has 273 valence electrons. The molecule has 0 spiro atoms. The SMILES string of the molecule is C.CC(=O)SCC1CCN([B]C=O)CC1.CC(C)(C)OC(=O)N1CCC(CSc2ccccc2C(F)F)CC1.FC(F)c1ccccc1Br. The van der Waals surface area contributed by atoms with Gasteiger partial charge in [0.25, 0.3) is 20.3 Å². The lowest BCUT2D eigenvalue weighted by molar-refractivity contribution is -0.109. The third-order valence-corrected chi connectivity index (χ3v) is 10.6. The molecule has 1 radical (unpaired) electrons. The highest BCUT2D eigenvalue weighted by atomic mass is 79.9. The van der Waals surface area contributed by atoms with Gasteiger partial charge in [-0.3, -0.25) is 4.79 Å². The highest BCUT2D eigenvalue weighted by Gasteiger charge is 2.27. The molecule has 14 heteroatoms. The molecule has 0 aromatic heterocycles. The summed E-state index contributed by atoms with van der Waals surface area (Å²) < 4.78 is 55.8. The number of likely N-dealkylation sites (tertiary alicyclic amines) is 1. The Morgan fingerprint density at radius 1 is 0.898 bits per heavy atom. The summed E-state index contributed by atoms with van der Waals surface area (Å²) in [6.45, 7) is 10.4. The largest absolute Gasteiger partial charge is 0.444 e. The minimum Gasteiger partial charge on any atom is -0.444 e. The van der Waals surface area contributed by atoms with Crippen LogP contribution in [0.2, 0.25) is 0 Å². The smallest absolute Gasteiger partial charge is 0.410 e. The number of amides is 1. The lowest BCUT2D eigenvalue weighted by atomic mass is 9.88. The van der Waals surface area contributed by atoms with Crippen molar-refractivity contribution in [2.45, 2.75) is 84.2 Å². The Morgan fingerprint density at radius 2 is 1.41 bits per heavy atom. The van der Waals surface area contributed by atoms with Crippen molar-refractivity contribution in [2.75, 3.05) is 37.7 Å². The van der Waals surface area contributed by atoms with Gasteiger partial charge in [-0.15, -0.1) is 11.8 Å². The van der Waals surface area contributed by atoms with Crippen molar-refractivity contribution in [1.82, 2.24) is 9.71 Å². The Kier molecular flexibility index (Phi) is 21.5. The Hall–Kier alpha value is -2.03. The van der Waals surface area contributed by atoms with E-state index in [-0.39, 0.29) is 29.8 Å². The van der Waals surface area contributed by atoms with Crippen molar-refractivity contribution in [3.63, 3.8) is 0 Å². The van der Waals surface area contributed by atoms with Crippen LogP contribution in [0, 0.1) is 11.8 Å². The summed E-state index contributed by atoms with van der Waals surface area (Å²) in [4.78, 5) is 37.4. The van der Waals surface area contributed by atoms with Crippen LogP contribution < -0.4 is 0 Å². The first-order chi connectivity index (χ1) is 22.7. The van der Waals surface area contributed by atoms with Gasteiger partial charge < -0.3 is 19.2 Å². The average molecular weight is 793 g/mol. The molecular weight excluding hydrogens is 743 g/mol. The highest BCUT2D eigenvalue weighted by molar-refractivity contribution is 9.10. The quantitative estimate of drug-likeness (QED) is 0.108. The molecular formula is C35H49BBrF4N2O4S2. The first-order valence-corrected chi connectivity index (χ1v) is 18.6. The summed E-state index contributed by atoms with van der Waals surface area (Å²) in [6, 6.07) is 13.0. The molecule has 2 aliphatic heterocycles. The number of carbonyl (C=O) groups excluding carboxylic acids is 3. The summed E-state index contributed by atoms with van der Waals surface area (Å²) >= 11 is 5.92. The fraction of sp³-hybridized carbons (Fsp3) is 0.571. The Balaban J connectivity index is 0.000000406. The molecule has 2 fully saturated rings. The van der Waals surface area contributed by atoms with E-state index in [2.05, 4.69) is 15.9 Å². The van der Waals surface area contributed by atoms with E-state index in [4.69, 9.17) is 4.74 Å². The van der Waals surface area contributed by atoms with Crippen molar-refractivity contribution in [3.05, 3.63) is 64.1 Å². The van der Waals surface area contributed by atoms with E-state index in [1.807, 2.05) is 25.6 Å². The second kappa shape index (κ2) is 23.4. The molecule has 2 aromatic rings. The molecule has 6 nitrogen and oxygen atoms in total. The van der Waals surface area contributed by atoms with E-state index < -0.39 is 18.5 Å². The van der Waals surface area contributed by atoms with Crippen LogP contribution in [0.4, 0.5) is 22.4 Å². The lowest BCUT2D eigenvalue weighted by Crippen LogP contribution is -2.42. The molecule has 0 saturated carbocycles. The monoisotopic (exact) mass is 791 g/mol. The number of alkyl halides is 4. The maximum atomic E-state index is 13.0. The first kappa shape index (κ1) is 45.0. The number of benzene rings is 2. The van der Waals surface area contributed by atoms with Crippen molar-refractivity contribution < 1.29 is 36.7 Å². The summed E-state index contributed by atoms with van der Waals surface area (Å²) in [5.74, 6) is 2.80. The summed E-state index contributed by atoms with van der Waals surface area (Å²) in [6.07, 6.45) is -0.332. The molecule has 2 saturated heterocycles. The number of piperidine rings is 2. The van der Waals surface area contributed by atoms with E-state index in [1.165, 1.54) is 35.7 Å². The third kappa shape index (κ3) is 18.2. The molecule has 2 aromatic carbocycles. The zero-order chi connectivity index (χ0) is 35.7. The molecule has 4 rings (SSSR count). The van der Waals surface area contributed by atoms with Gasteiger partial charge >= 0.3 is 6.09 Å². The van der Waals surface area contributed by atoms with Gasteiger partial charge in [0.1, 0.15) is 5.60 Å². The van der Waals surface area contributed by atoms with Crippen LogP contribution in [-0.2, 0) is 14.3 Å². The van der Waals surface area contributed by atoms with Crippen LogP contribution in [0.1, 0.15) is 84.8 Å². The fourth-order valence-electron chi connectivity index (χ4n) is 4.85. The van der Waals surface area contributed by atoms with E-state index in [0.717, 1.165) is 56.5 Å². The summed E-state index contributed by atoms with van der Waals surface area (Å²) in [7, 11) is 1.61. The van der Waals surface area contributed by atoms with E-state index >= 15 is 0 Å². The molecule has 2 aliphatic rings. The molecule has 0 aliphatic carbocycles. The zero-order valence-electron chi connectivity index (χ0n) is 27.9. The van der Waals surface area contributed by atoms with Crippen LogP contribution in [-0.4, -0.2) is 77.8 Å². The number of carbonyl (C=O) groups is 3. The van der Waals surface area contributed by atoms with E-state index in [0.29, 0.717) is 34.3 Å². The normalized spacial score (nSPS) is 15.7. The molecule has 0 bridgehead atoms. The first-order valence-electron chi connectivity index (χ1n) is 15.9. The zero-order valence-corrected chi connectivity index (χ0v) is 31.1. The standard InChI is InChI=1S/C18H25F2NO2S.C9H15BNO2S.C7H5BrF2.CH4/c1-18(2,3)23-17(22)21-10-8-13(9-11-21)12-24-15-7-5-4-6-14(15)16(19)20;1-8(13)14-6-9-2-4-11(5-3-9)10-7-12;8-6-4-2-1-3-5(6)7(9)10;/h4-7,13,16H,8-12H2,1-3H3;7,9H,2-6H2,1H3;1-4,7H;1H4. The predicted molar refractivity (Wildman–Crippen MR) is 198 cm³/mol. The Labute approximate surface area is 307 Å². The minimum atomic E-state index is -2.44. The van der Waals surface area contributed by atoms with Gasteiger partial charge in [0.15, 0.2) is 5.12 Å². The number of hydrogen-bond acceptors (Lipinski definition) is 7. The molecule has 1 amide bonds. The molecule has 0 N–H and O–H groups in total. The number of halogens is 5. The van der Waals surface area contributed by atoms with Gasteiger partial charge in [0.2, 0.25) is 0 Å². The second-order valence-electron chi connectivity index (χ2n) is 12.4. The van der Waals surface area contributed by atoms with Gasteiger partial charge in [-0.2, -0.15) is 0 Å². The van der Waals surface area contributed by atoms with Crippen LogP contribution in [0.15, 0.2) is 57.9 Å². The third-order valence-electron chi connectivity index (χ3n) is 7.48. The minimum absolute atomic E-state index is 0. The molecule has 0 atom stereocenters. The lowest BCUT2D eigenvalue weighted by Gasteiger charge is -2.33.